The molecule has 0 N–H and O–H groups in total. The van der Waals surface area contributed by atoms with Crippen LogP contribution in [0.1, 0.15) is 41.6 Å². The van der Waals surface area contributed by atoms with E-state index >= 15 is 0 Å². The lowest BCUT2D eigenvalue weighted by molar-refractivity contribution is -0.0500. The molecule has 3 heterocycles. The van der Waals surface area contributed by atoms with Crippen LogP contribution in [-0.4, -0.2) is 76.1 Å². The fourth-order valence-electron chi connectivity index (χ4n) is 6.16. The third-order valence-electron chi connectivity index (χ3n) is 8.50. The van der Waals surface area contributed by atoms with Crippen LogP contribution in [0, 0.1) is 0 Å². The standard InChI is InChI=1S/C34H35F3N2O6S2/c1-43-33(40)27-12-6-23(22-39-16-4-5-17-39)20-28(27)31-29-21-26(45-47(41,42)34(35,36)37)11-13-30(29)46-32(31)24-7-9-25(10-8-24)44-19-18-38-14-2-3-15-38/h6-13,20-21H,2-5,14-19,22H2,1H3. The zero-order chi connectivity index (χ0) is 33.2. The van der Waals surface area contributed by atoms with Crippen LogP contribution in [0.15, 0.2) is 60.7 Å². The van der Waals surface area contributed by atoms with E-state index in [2.05, 4.69) is 14.0 Å². The van der Waals surface area contributed by atoms with Crippen molar-refractivity contribution in [3.05, 3.63) is 71.8 Å². The maximum Gasteiger partial charge on any atom is 0.534 e. The molecule has 13 heteroatoms. The quantitative estimate of drug-likeness (QED) is 0.0921. The van der Waals surface area contributed by atoms with E-state index in [0.29, 0.717) is 40.1 Å². The average molecular weight is 689 g/mol. The lowest BCUT2D eigenvalue weighted by atomic mass is 9.93. The van der Waals surface area contributed by atoms with Gasteiger partial charge in [0.2, 0.25) is 0 Å². The van der Waals surface area contributed by atoms with Crippen molar-refractivity contribution in [1.82, 2.24) is 9.80 Å². The molecule has 250 valence electrons. The molecule has 0 amide bonds. The third-order valence-corrected chi connectivity index (χ3v) is 10.7. The normalized spacial score (nSPS) is 16.2. The topological polar surface area (TPSA) is 85.4 Å². The molecule has 2 fully saturated rings. The van der Waals surface area contributed by atoms with Gasteiger partial charge >= 0.3 is 21.6 Å². The van der Waals surface area contributed by atoms with Crippen LogP contribution in [0.3, 0.4) is 0 Å². The molecule has 0 atom stereocenters. The summed E-state index contributed by atoms with van der Waals surface area (Å²) >= 11 is 1.37. The summed E-state index contributed by atoms with van der Waals surface area (Å²) in [6.07, 6.45) is 4.62. The van der Waals surface area contributed by atoms with E-state index in [1.165, 1.54) is 49.5 Å². The molecule has 0 spiro atoms. The van der Waals surface area contributed by atoms with Gasteiger partial charge in [0.1, 0.15) is 18.1 Å². The molecule has 2 aliphatic rings. The highest BCUT2D eigenvalue weighted by molar-refractivity contribution is 7.88. The number of rotatable bonds is 11. The van der Waals surface area contributed by atoms with Crippen LogP contribution >= 0.6 is 11.3 Å². The molecule has 0 aliphatic carbocycles. The van der Waals surface area contributed by atoms with Crippen LogP contribution in [-0.2, 0) is 21.4 Å². The summed E-state index contributed by atoms with van der Waals surface area (Å²) in [4.78, 5) is 18.5. The van der Waals surface area contributed by atoms with Gasteiger partial charge in [0.05, 0.1) is 12.7 Å². The van der Waals surface area contributed by atoms with Gasteiger partial charge in [-0.1, -0.05) is 6.07 Å². The maximum atomic E-state index is 13.2. The van der Waals surface area contributed by atoms with E-state index in [1.807, 2.05) is 36.4 Å². The van der Waals surface area contributed by atoms with E-state index in [9.17, 15) is 26.4 Å². The molecule has 8 nitrogen and oxygen atoms in total. The number of likely N-dealkylation sites (tertiary alicyclic amines) is 2. The predicted octanol–water partition coefficient (Wildman–Crippen LogP) is 7.32. The van der Waals surface area contributed by atoms with Crippen molar-refractivity contribution in [3.63, 3.8) is 0 Å². The number of fused-ring (bicyclic) bond motifs is 1. The Balaban J connectivity index is 1.44. The highest BCUT2D eigenvalue weighted by Gasteiger charge is 2.48. The van der Waals surface area contributed by atoms with Crippen molar-refractivity contribution in [2.24, 2.45) is 0 Å². The summed E-state index contributed by atoms with van der Waals surface area (Å²) in [5.41, 5.74) is -2.49. The number of methoxy groups -OCH3 is 1. The number of hydrogen-bond donors (Lipinski definition) is 0. The molecule has 1 aromatic heterocycles. The molecule has 0 saturated carbocycles. The molecule has 47 heavy (non-hydrogen) atoms. The minimum Gasteiger partial charge on any atom is -0.492 e. The fraction of sp³-hybridized carbons (Fsp3) is 0.382. The first-order valence-corrected chi connectivity index (χ1v) is 17.7. The van der Waals surface area contributed by atoms with Gasteiger partial charge in [0.25, 0.3) is 0 Å². The zero-order valence-electron chi connectivity index (χ0n) is 25.8. The first kappa shape index (κ1) is 33.3. The van der Waals surface area contributed by atoms with Crippen molar-refractivity contribution in [2.75, 3.05) is 46.4 Å². The Morgan fingerprint density at radius 3 is 2.19 bits per heavy atom. The number of halogens is 3. The Morgan fingerprint density at radius 1 is 0.872 bits per heavy atom. The number of carbonyl (C=O) groups excluding carboxylic acids is 1. The lowest BCUT2D eigenvalue weighted by Gasteiger charge is -2.17. The minimum atomic E-state index is -5.90. The largest absolute Gasteiger partial charge is 0.534 e. The molecule has 3 aromatic carbocycles. The van der Waals surface area contributed by atoms with E-state index in [4.69, 9.17) is 9.47 Å². The molecule has 6 rings (SSSR count). The van der Waals surface area contributed by atoms with Crippen molar-refractivity contribution in [3.8, 4) is 33.1 Å². The van der Waals surface area contributed by atoms with Crippen molar-refractivity contribution < 1.29 is 40.0 Å². The van der Waals surface area contributed by atoms with Crippen LogP contribution in [0.2, 0.25) is 0 Å². The Bertz CT molecular complexity index is 1850. The molecule has 2 aliphatic heterocycles. The molecule has 0 bridgehead atoms. The van der Waals surface area contributed by atoms with Gasteiger partial charge < -0.3 is 13.7 Å². The predicted molar refractivity (Wildman–Crippen MR) is 175 cm³/mol. The third kappa shape index (κ3) is 7.43. The number of thiophene rings is 1. The summed E-state index contributed by atoms with van der Waals surface area (Å²) in [6, 6.07) is 17.0. The highest BCUT2D eigenvalue weighted by Crippen LogP contribution is 2.47. The van der Waals surface area contributed by atoms with Crippen LogP contribution < -0.4 is 8.92 Å². The van der Waals surface area contributed by atoms with E-state index < -0.39 is 27.3 Å². The van der Waals surface area contributed by atoms with Crippen molar-refractivity contribution in [2.45, 2.75) is 37.7 Å². The number of benzene rings is 3. The number of ether oxygens (including phenoxy) is 2. The zero-order valence-corrected chi connectivity index (χ0v) is 27.5. The number of nitrogens with zero attached hydrogens (tertiary/aromatic N) is 2. The van der Waals surface area contributed by atoms with Gasteiger partial charge in [-0.05, 0) is 123 Å². The molecule has 2 saturated heterocycles. The van der Waals surface area contributed by atoms with Crippen LogP contribution in [0.25, 0.3) is 31.7 Å². The van der Waals surface area contributed by atoms with Gasteiger partial charge in [-0.15, -0.1) is 11.3 Å². The summed E-state index contributed by atoms with van der Waals surface area (Å²) in [5, 5.41) is 0.439. The second kappa shape index (κ2) is 13.8. The van der Waals surface area contributed by atoms with Gasteiger partial charge in [0, 0.05) is 33.6 Å². The Kier molecular flexibility index (Phi) is 9.79. The van der Waals surface area contributed by atoms with Gasteiger partial charge in [-0.3, -0.25) is 9.80 Å². The summed E-state index contributed by atoms with van der Waals surface area (Å²) in [5.74, 6) is -0.367. The van der Waals surface area contributed by atoms with E-state index in [1.54, 1.807) is 6.07 Å². The molecular weight excluding hydrogens is 654 g/mol. The van der Waals surface area contributed by atoms with Gasteiger partial charge in [-0.25, -0.2) is 4.79 Å². The number of hydrogen-bond acceptors (Lipinski definition) is 9. The summed E-state index contributed by atoms with van der Waals surface area (Å²) < 4.78 is 79.7. The minimum absolute atomic E-state index is 0.273. The maximum absolute atomic E-state index is 13.2. The first-order valence-electron chi connectivity index (χ1n) is 15.5. The smallest absolute Gasteiger partial charge is 0.492 e. The average Bonchev–Trinajstić information content (AvgIpc) is 3.82. The first-order chi connectivity index (χ1) is 22.5. The number of carbonyl (C=O) groups is 1. The summed E-state index contributed by atoms with van der Waals surface area (Å²) in [7, 11) is -4.61. The fourth-order valence-corrected chi connectivity index (χ4v) is 7.81. The molecule has 0 radical (unpaired) electrons. The second-order valence-electron chi connectivity index (χ2n) is 11.7. The van der Waals surface area contributed by atoms with Crippen LogP contribution in [0.4, 0.5) is 13.2 Å². The van der Waals surface area contributed by atoms with E-state index in [0.717, 1.165) is 61.6 Å². The monoisotopic (exact) mass is 688 g/mol. The summed E-state index contributed by atoms with van der Waals surface area (Å²) in [6.45, 7) is 6.15. The number of alkyl halides is 3. The molecular formula is C34H35F3N2O6S2. The highest BCUT2D eigenvalue weighted by atomic mass is 32.2. The van der Waals surface area contributed by atoms with Crippen molar-refractivity contribution in [1.29, 1.82) is 0 Å². The second-order valence-corrected chi connectivity index (χ2v) is 14.3. The Hall–Kier alpha value is -3.65. The molecule has 4 aromatic rings. The Morgan fingerprint density at radius 2 is 1.53 bits per heavy atom. The van der Waals surface area contributed by atoms with Crippen LogP contribution in [0.5, 0.6) is 11.5 Å². The Labute approximate surface area is 275 Å². The SMILES string of the molecule is COC(=O)c1ccc(CN2CCCC2)cc1-c1c(-c2ccc(OCCN3CCCC3)cc2)sc2ccc(OS(=O)(=O)C(F)(F)F)cc12. The lowest BCUT2D eigenvalue weighted by Crippen LogP contribution is -2.28. The van der Waals surface area contributed by atoms with Crippen molar-refractivity contribution >= 4 is 37.5 Å². The van der Waals surface area contributed by atoms with E-state index in [-0.39, 0.29) is 5.56 Å². The number of esters is 1. The molecule has 0 unspecified atom stereocenters. The van der Waals surface area contributed by atoms with Gasteiger partial charge in [0.15, 0.2) is 0 Å². The van der Waals surface area contributed by atoms with Gasteiger partial charge in [-0.2, -0.15) is 21.6 Å².